The smallest absolute Gasteiger partial charge is 0.126 e. The molecule has 0 amide bonds. The molecule has 0 aliphatic heterocycles. The second-order valence-electron chi connectivity index (χ2n) is 3.96. The molecule has 0 aromatic carbocycles. The van der Waals surface area contributed by atoms with Gasteiger partial charge in [-0.2, -0.15) is 10.4 Å². The van der Waals surface area contributed by atoms with Gasteiger partial charge in [-0.3, -0.25) is 4.68 Å². The van der Waals surface area contributed by atoms with Crippen LogP contribution in [-0.4, -0.2) is 19.7 Å². The van der Waals surface area contributed by atoms with Crippen molar-refractivity contribution in [2.75, 3.05) is 0 Å². The topological polar surface area (TPSA) is 67.4 Å². The molecule has 0 fully saturated rings. The van der Waals surface area contributed by atoms with Crippen LogP contribution in [0.25, 0.3) is 0 Å². The zero-order valence-electron chi connectivity index (χ0n) is 10.5. The van der Waals surface area contributed by atoms with Crippen molar-refractivity contribution in [2.45, 2.75) is 24.6 Å². The Bertz CT molecular complexity index is 611. The molecule has 2 aromatic rings. The minimum Gasteiger partial charge on any atom is -0.276 e. The Morgan fingerprint density at radius 3 is 2.78 bits per heavy atom. The van der Waals surface area contributed by atoms with E-state index in [-0.39, 0.29) is 0 Å². The molecule has 0 radical (unpaired) electrons. The average molecular weight is 259 g/mol. The van der Waals surface area contributed by atoms with Crippen molar-refractivity contribution < 1.29 is 0 Å². The van der Waals surface area contributed by atoms with E-state index < -0.39 is 0 Å². The molecule has 0 spiro atoms. The summed E-state index contributed by atoms with van der Waals surface area (Å²) >= 11 is 1.54. The number of hydrogen-bond acceptors (Lipinski definition) is 5. The Kier molecular flexibility index (Phi) is 3.63. The molecule has 5 nitrogen and oxygen atoms in total. The van der Waals surface area contributed by atoms with Crippen molar-refractivity contribution in [1.29, 1.82) is 5.26 Å². The first kappa shape index (κ1) is 12.6. The van der Waals surface area contributed by atoms with Crippen LogP contribution >= 0.6 is 11.8 Å². The van der Waals surface area contributed by atoms with Crippen LogP contribution < -0.4 is 0 Å². The Morgan fingerprint density at radius 1 is 1.39 bits per heavy atom. The summed E-state index contributed by atoms with van der Waals surface area (Å²) in [6.45, 7) is 3.67. The van der Waals surface area contributed by atoms with Crippen LogP contribution in [0.1, 0.15) is 22.6 Å². The highest BCUT2D eigenvalue weighted by atomic mass is 32.2. The highest BCUT2D eigenvalue weighted by Gasteiger charge is 2.10. The van der Waals surface area contributed by atoms with Crippen LogP contribution in [0.2, 0.25) is 0 Å². The molecule has 0 saturated carbocycles. The van der Waals surface area contributed by atoms with Crippen molar-refractivity contribution in [2.24, 2.45) is 7.05 Å². The first-order chi connectivity index (χ1) is 8.60. The molecule has 2 rings (SSSR count). The molecular weight excluding hydrogens is 246 g/mol. The monoisotopic (exact) mass is 259 g/mol. The summed E-state index contributed by atoms with van der Waals surface area (Å²) in [5.41, 5.74) is 2.41. The lowest BCUT2D eigenvalue weighted by Gasteiger charge is -2.05. The van der Waals surface area contributed by atoms with Gasteiger partial charge in [0, 0.05) is 24.6 Å². The summed E-state index contributed by atoms with van der Waals surface area (Å²) in [6.07, 6.45) is 3.78. The van der Waals surface area contributed by atoms with Gasteiger partial charge in [0.05, 0.1) is 11.9 Å². The van der Waals surface area contributed by atoms with Crippen molar-refractivity contribution in [1.82, 2.24) is 19.7 Å². The van der Waals surface area contributed by atoms with Gasteiger partial charge in [0.2, 0.25) is 0 Å². The van der Waals surface area contributed by atoms with Crippen LogP contribution in [0, 0.1) is 25.2 Å². The molecule has 0 aliphatic rings. The minimum atomic E-state index is 0.564. The maximum Gasteiger partial charge on any atom is 0.126 e. The highest BCUT2D eigenvalue weighted by Crippen LogP contribution is 2.25. The van der Waals surface area contributed by atoms with Crippen LogP contribution in [0.15, 0.2) is 17.4 Å². The van der Waals surface area contributed by atoms with E-state index in [2.05, 4.69) is 21.1 Å². The van der Waals surface area contributed by atoms with Crippen LogP contribution in [-0.2, 0) is 12.8 Å². The normalized spacial score (nSPS) is 10.3. The summed E-state index contributed by atoms with van der Waals surface area (Å²) in [4.78, 5) is 8.53. The second-order valence-corrected chi connectivity index (χ2v) is 4.92. The third-order valence-electron chi connectivity index (χ3n) is 2.41. The third-order valence-corrected chi connectivity index (χ3v) is 3.46. The molecule has 0 unspecified atom stereocenters. The fourth-order valence-corrected chi connectivity index (χ4v) is 2.60. The van der Waals surface area contributed by atoms with Crippen molar-refractivity contribution >= 4 is 11.8 Å². The summed E-state index contributed by atoms with van der Waals surface area (Å²) in [5.74, 6) is 1.44. The van der Waals surface area contributed by atoms with Gasteiger partial charge in [-0.15, -0.1) is 11.8 Å². The van der Waals surface area contributed by atoms with Crippen molar-refractivity contribution in [3.63, 3.8) is 0 Å². The van der Waals surface area contributed by atoms with Crippen LogP contribution in [0.4, 0.5) is 0 Å². The lowest BCUT2D eigenvalue weighted by molar-refractivity contribution is 0.767. The molecule has 0 atom stereocenters. The molecule has 0 N–H and O–H groups in total. The number of nitriles is 1. The van der Waals surface area contributed by atoms with E-state index in [4.69, 9.17) is 5.26 Å². The van der Waals surface area contributed by atoms with E-state index in [1.807, 2.05) is 33.3 Å². The average Bonchev–Trinajstić information content (AvgIpc) is 2.72. The number of rotatable bonds is 3. The Labute approximate surface area is 110 Å². The predicted molar refractivity (Wildman–Crippen MR) is 69.0 cm³/mol. The van der Waals surface area contributed by atoms with Gasteiger partial charge >= 0.3 is 0 Å². The van der Waals surface area contributed by atoms with E-state index in [1.165, 1.54) is 11.8 Å². The number of nitrogens with zero attached hydrogens (tertiary/aromatic N) is 5. The van der Waals surface area contributed by atoms with Gasteiger partial charge in [0.25, 0.3) is 0 Å². The molecule has 92 valence electrons. The lowest BCUT2D eigenvalue weighted by atomic mass is 10.3. The zero-order chi connectivity index (χ0) is 13.1. The largest absolute Gasteiger partial charge is 0.276 e. The molecule has 6 heteroatoms. The first-order valence-corrected chi connectivity index (χ1v) is 6.44. The maximum atomic E-state index is 9.13. The highest BCUT2D eigenvalue weighted by molar-refractivity contribution is 7.98. The second kappa shape index (κ2) is 5.19. The van der Waals surface area contributed by atoms with E-state index >= 15 is 0 Å². The van der Waals surface area contributed by atoms with E-state index in [1.54, 1.807) is 4.68 Å². The number of thioether (sulfide) groups is 1. The number of aromatic nitrogens is 4. The molecule has 2 aromatic heterocycles. The van der Waals surface area contributed by atoms with Crippen molar-refractivity contribution in [3.8, 4) is 6.07 Å². The zero-order valence-corrected chi connectivity index (χ0v) is 11.3. The van der Waals surface area contributed by atoms with E-state index in [9.17, 15) is 0 Å². The van der Waals surface area contributed by atoms with Gasteiger partial charge in [-0.25, -0.2) is 9.97 Å². The summed E-state index contributed by atoms with van der Waals surface area (Å²) < 4.78 is 1.76. The Morgan fingerprint density at radius 2 is 2.17 bits per heavy atom. The van der Waals surface area contributed by atoms with Gasteiger partial charge in [-0.05, 0) is 13.8 Å². The summed E-state index contributed by atoms with van der Waals surface area (Å²) in [7, 11) is 1.88. The van der Waals surface area contributed by atoms with Crippen molar-refractivity contribution in [3.05, 3.63) is 35.0 Å². The molecule has 0 bridgehead atoms. The number of aryl methyl sites for hydroxylation is 3. The van der Waals surface area contributed by atoms with E-state index in [0.717, 1.165) is 22.0 Å². The summed E-state index contributed by atoms with van der Waals surface area (Å²) in [5, 5.41) is 14.0. The molecular formula is C12H13N5S. The fraction of sp³-hybridized carbons (Fsp3) is 0.333. The molecule has 0 aliphatic carbocycles. The van der Waals surface area contributed by atoms with Gasteiger partial charge < -0.3 is 0 Å². The lowest BCUT2D eigenvalue weighted by Crippen LogP contribution is -1.99. The number of hydrogen-bond donors (Lipinski definition) is 0. The van der Waals surface area contributed by atoms with Crippen LogP contribution in [0.5, 0.6) is 0 Å². The maximum absolute atomic E-state index is 9.13. The minimum absolute atomic E-state index is 0.564. The quantitative estimate of drug-likeness (QED) is 0.623. The summed E-state index contributed by atoms with van der Waals surface area (Å²) in [6, 6.07) is 2.17. The SMILES string of the molecule is Cc1nc(C)c(C#N)c(SCc2cnn(C)c2)n1. The Balaban J connectivity index is 2.21. The van der Waals surface area contributed by atoms with Gasteiger partial charge in [0.1, 0.15) is 22.5 Å². The standard InChI is InChI=1S/C12H13N5S/c1-8-11(4-13)12(16-9(2)15-8)18-7-10-5-14-17(3)6-10/h5-6H,7H2,1-3H3. The molecule has 0 saturated heterocycles. The predicted octanol–water partition coefficient (Wildman–Crippen LogP) is 1.99. The third kappa shape index (κ3) is 2.68. The molecule has 2 heterocycles. The van der Waals surface area contributed by atoms with Crippen LogP contribution in [0.3, 0.4) is 0 Å². The Hall–Kier alpha value is -1.87. The first-order valence-electron chi connectivity index (χ1n) is 5.46. The van der Waals surface area contributed by atoms with Gasteiger partial charge in [0.15, 0.2) is 0 Å². The fourth-order valence-electron chi connectivity index (χ4n) is 1.61. The molecule has 18 heavy (non-hydrogen) atoms. The van der Waals surface area contributed by atoms with Gasteiger partial charge in [-0.1, -0.05) is 0 Å². The van der Waals surface area contributed by atoms with E-state index in [0.29, 0.717) is 11.4 Å².